The van der Waals surface area contributed by atoms with Crippen LogP contribution in [0.1, 0.15) is 35.5 Å². The van der Waals surface area contributed by atoms with Gasteiger partial charge in [-0.25, -0.2) is 0 Å². The highest BCUT2D eigenvalue weighted by atomic mass is 16.5. The quantitative estimate of drug-likeness (QED) is 0.824. The molecule has 1 aromatic heterocycles. The van der Waals surface area contributed by atoms with Crippen molar-refractivity contribution in [3.63, 3.8) is 0 Å². The average molecular weight is 256 g/mol. The Hall–Kier alpha value is -2.48. The fraction of sp³-hybridized carbons (Fsp3) is 0.286. The van der Waals surface area contributed by atoms with E-state index in [-0.39, 0.29) is 6.04 Å². The molecule has 0 amide bonds. The lowest BCUT2D eigenvalue weighted by Crippen LogP contribution is -2.10. The number of nitrogen functional groups attached to an aromatic ring is 1. The van der Waals surface area contributed by atoms with Gasteiger partial charge in [0.15, 0.2) is 0 Å². The summed E-state index contributed by atoms with van der Waals surface area (Å²) in [4.78, 5) is 0. The third kappa shape index (κ3) is 2.52. The second-order valence-electron chi connectivity index (χ2n) is 4.52. The first-order valence-electron chi connectivity index (χ1n) is 6.02. The molecule has 19 heavy (non-hydrogen) atoms. The van der Waals surface area contributed by atoms with Crippen LogP contribution in [-0.4, -0.2) is 5.16 Å². The summed E-state index contributed by atoms with van der Waals surface area (Å²) in [6.45, 7) is 5.78. The maximum atomic E-state index is 8.92. The number of nitrogens with one attached hydrogen (secondary N) is 1. The summed E-state index contributed by atoms with van der Waals surface area (Å²) in [5.41, 5.74) is 9.70. The van der Waals surface area contributed by atoms with Gasteiger partial charge < -0.3 is 15.6 Å². The molecule has 0 bridgehead atoms. The highest BCUT2D eigenvalue weighted by Gasteiger charge is 2.17. The van der Waals surface area contributed by atoms with Crippen molar-refractivity contribution in [1.82, 2.24) is 5.16 Å². The van der Waals surface area contributed by atoms with Crippen molar-refractivity contribution in [2.75, 3.05) is 11.1 Å². The van der Waals surface area contributed by atoms with Crippen LogP contribution in [0.15, 0.2) is 22.7 Å². The summed E-state index contributed by atoms with van der Waals surface area (Å²) in [7, 11) is 0. The van der Waals surface area contributed by atoms with Crippen LogP contribution < -0.4 is 11.1 Å². The fourth-order valence-corrected chi connectivity index (χ4v) is 2.16. The summed E-state index contributed by atoms with van der Waals surface area (Å²) < 4.78 is 5.16. The van der Waals surface area contributed by atoms with Crippen LogP contribution in [0.4, 0.5) is 11.4 Å². The Kier molecular flexibility index (Phi) is 3.43. The monoisotopic (exact) mass is 256 g/mol. The van der Waals surface area contributed by atoms with Crippen molar-refractivity contribution < 1.29 is 4.52 Å². The van der Waals surface area contributed by atoms with Crippen molar-refractivity contribution in [2.24, 2.45) is 0 Å². The number of aromatic nitrogens is 1. The Bertz CT molecular complexity index is 620. The second kappa shape index (κ2) is 5.02. The van der Waals surface area contributed by atoms with E-state index in [0.29, 0.717) is 11.3 Å². The number of benzene rings is 1. The molecule has 0 aliphatic rings. The normalized spacial score (nSPS) is 11.9. The molecule has 0 saturated carbocycles. The summed E-state index contributed by atoms with van der Waals surface area (Å²) in [5.74, 6) is 0.785. The van der Waals surface area contributed by atoms with Crippen LogP contribution in [0.5, 0.6) is 0 Å². The van der Waals surface area contributed by atoms with Gasteiger partial charge in [0, 0.05) is 5.56 Å². The molecular formula is C14H16N4O. The standard InChI is InChI=1S/C14H16N4O/c1-8(14-9(2)18-19-10(14)3)17-13-6-11(7-15)4-5-12(13)16/h4-6,8,17H,16H2,1-3H3. The van der Waals surface area contributed by atoms with Crippen molar-refractivity contribution in [2.45, 2.75) is 26.8 Å². The molecule has 0 fully saturated rings. The Labute approximate surface area is 112 Å². The molecule has 1 unspecified atom stereocenters. The molecule has 2 aromatic rings. The fourth-order valence-electron chi connectivity index (χ4n) is 2.16. The zero-order valence-electron chi connectivity index (χ0n) is 11.2. The van der Waals surface area contributed by atoms with Crippen LogP contribution >= 0.6 is 0 Å². The predicted molar refractivity (Wildman–Crippen MR) is 73.6 cm³/mol. The lowest BCUT2D eigenvalue weighted by Gasteiger charge is -2.17. The zero-order valence-corrected chi connectivity index (χ0v) is 11.2. The average Bonchev–Trinajstić information content (AvgIpc) is 2.71. The van der Waals surface area contributed by atoms with Crippen LogP contribution in [-0.2, 0) is 0 Å². The minimum atomic E-state index is 0.00231. The van der Waals surface area contributed by atoms with Crippen molar-refractivity contribution in [1.29, 1.82) is 5.26 Å². The van der Waals surface area contributed by atoms with Gasteiger partial charge in [-0.3, -0.25) is 0 Å². The zero-order chi connectivity index (χ0) is 14.0. The largest absolute Gasteiger partial charge is 0.397 e. The van der Waals surface area contributed by atoms with Gasteiger partial charge in [-0.1, -0.05) is 5.16 Å². The van der Waals surface area contributed by atoms with E-state index in [1.54, 1.807) is 18.2 Å². The SMILES string of the molecule is Cc1noc(C)c1C(C)Nc1cc(C#N)ccc1N. The van der Waals surface area contributed by atoms with E-state index < -0.39 is 0 Å². The van der Waals surface area contributed by atoms with Crippen LogP contribution in [0.3, 0.4) is 0 Å². The van der Waals surface area contributed by atoms with E-state index in [0.717, 1.165) is 22.7 Å². The lowest BCUT2D eigenvalue weighted by atomic mass is 10.1. The lowest BCUT2D eigenvalue weighted by molar-refractivity contribution is 0.392. The Morgan fingerprint density at radius 1 is 1.42 bits per heavy atom. The highest BCUT2D eigenvalue weighted by Crippen LogP contribution is 2.28. The van der Waals surface area contributed by atoms with Gasteiger partial charge in [0.2, 0.25) is 0 Å². The molecule has 98 valence electrons. The number of nitrogens with two attached hydrogens (primary N) is 1. The molecule has 0 radical (unpaired) electrons. The number of rotatable bonds is 3. The molecule has 5 heteroatoms. The molecule has 3 N–H and O–H groups in total. The predicted octanol–water partition coefficient (Wildman–Crippen LogP) is 2.92. The van der Waals surface area contributed by atoms with Crippen molar-refractivity contribution in [3.8, 4) is 6.07 Å². The first-order chi connectivity index (χ1) is 9.02. The smallest absolute Gasteiger partial charge is 0.139 e. The molecular weight excluding hydrogens is 240 g/mol. The van der Waals surface area contributed by atoms with E-state index in [1.807, 2.05) is 20.8 Å². The Morgan fingerprint density at radius 3 is 2.74 bits per heavy atom. The van der Waals surface area contributed by atoms with Gasteiger partial charge in [0.25, 0.3) is 0 Å². The minimum Gasteiger partial charge on any atom is -0.397 e. The van der Waals surface area contributed by atoms with Crippen molar-refractivity contribution in [3.05, 3.63) is 40.8 Å². The van der Waals surface area contributed by atoms with Gasteiger partial charge >= 0.3 is 0 Å². The third-order valence-corrected chi connectivity index (χ3v) is 3.08. The number of anilines is 2. The molecule has 1 atom stereocenters. The number of nitrogens with zero attached hydrogens (tertiary/aromatic N) is 2. The van der Waals surface area contributed by atoms with Gasteiger partial charge in [-0.05, 0) is 39.0 Å². The second-order valence-corrected chi connectivity index (χ2v) is 4.52. The molecule has 1 aromatic carbocycles. The van der Waals surface area contributed by atoms with E-state index in [1.165, 1.54) is 0 Å². The number of hydrogen-bond donors (Lipinski definition) is 2. The van der Waals surface area contributed by atoms with E-state index >= 15 is 0 Å². The Morgan fingerprint density at radius 2 is 2.16 bits per heavy atom. The maximum absolute atomic E-state index is 8.92. The van der Waals surface area contributed by atoms with Gasteiger partial charge in [-0.2, -0.15) is 5.26 Å². The van der Waals surface area contributed by atoms with Crippen LogP contribution in [0.2, 0.25) is 0 Å². The number of hydrogen-bond acceptors (Lipinski definition) is 5. The number of aryl methyl sites for hydroxylation is 2. The molecule has 2 rings (SSSR count). The first kappa shape index (κ1) is 13.0. The highest BCUT2D eigenvalue weighted by molar-refractivity contribution is 5.69. The van der Waals surface area contributed by atoms with Crippen LogP contribution in [0.25, 0.3) is 0 Å². The van der Waals surface area contributed by atoms with E-state index in [4.69, 9.17) is 15.5 Å². The molecule has 5 nitrogen and oxygen atoms in total. The maximum Gasteiger partial charge on any atom is 0.139 e. The van der Waals surface area contributed by atoms with Gasteiger partial charge in [-0.15, -0.1) is 0 Å². The molecule has 0 aliphatic heterocycles. The Balaban J connectivity index is 2.29. The van der Waals surface area contributed by atoms with Crippen molar-refractivity contribution >= 4 is 11.4 Å². The topological polar surface area (TPSA) is 87.9 Å². The van der Waals surface area contributed by atoms with Crippen LogP contribution in [0, 0.1) is 25.2 Å². The van der Waals surface area contributed by atoms with Gasteiger partial charge in [0.1, 0.15) is 5.76 Å². The molecule has 0 saturated heterocycles. The molecule has 0 spiro atoms. The summed E-state index contributed by atoms with van der Waals surface area (Å²) in [5, 5.41) is 16.1. The third-order valence-electron chi connectivity index (χ3n) is 3.08. The minimum absolute atomic E-state index is 0.00231. The molecule has 0 aliphatic carbocycles. The summed E-state index contributed by atoms with van der Waals surface area (Å²) in [6.07, 6.45) is 0. The molecule has 1 heterocycles. The summed E-state index contributed by atoms with van der Waals surface area (Å²) >= 11 is 0. The number of nitriles is 1. The van der Waals surface area contributed by atoms with E-state index in [2.05, 4.69) is 16.5 Å². The van der Waals surface area contributed by atoms with E-state index in [9.17, 15) is 0 Å². The van der Waals surface area contributed by atoms with Gasteiger partial charge in [0.05, 0.1) is 34.7 Å². The summed E-state index contributed by atoms with van der Waals surface area (Å²) in [6, 6.07) is 7.26. The first-order valence-corrected chi connectivity index (χ1v) is 6.02.